The first-order valence-corrected chi connectivity index (χ1v) is 8.61. The lowest BCUT2D eigenvalue weighted by Gasteiger charge is -2.34. The van der Waals surface area contributed by atoms with Crippen LogP contribution in [0.15, 0.2) is 24.3 Å². The molecule has 1 aromatic carbocycles. The van der Waals surface area contributed by atoms with E-state index in [0.717, 1.165) is 51.3 Å². The molecule has 1 amide bonds. The average molecular weight is 318 g/mol. The van der Waals surface area contributed by atoms with Crippen LogP contribution in [0.5, 0.6) is 0 Å². The second kappa shape index (κ2) is 8.77. The molecule has 1 aliphatic rings. The molecule has 23 heavy (non-hydrogen) atoms. The molecule has 1 heterocycles. The van der Waals surface area contributed by atoms with Crippen molar-refractivity contribution < 1.29 is 4.79 Å². The van der Waals surface area contributed by atoms with Crippen molar-refractivity contribution in [3.8, 4) is 0 Å². The molecule has 5 nitrogen and oxygen atoms in total. The van der Waals surface area contributed by atoms with Crippen LogP contribution in [-0.2, 0) is 4.79 Å². The van der Waals surface area contributed by atoms with Gasteiger partial charge in [0.25, 0.3) is 0 Å². The number of unbranched alkanes of at least 4 members (excludes halogenated alkanes) is 1. The number of amides is 1. The molecule has 5 heteroatoms. The molecule has 1 aliphatic heterocycles. The Hall–Kier alpha value is -1.75. The van der Waals surface area contributed by atoms with Crippen LogP contribution in [0.2, 0.25) is 0 Å². The normalized spacial score (nSPS) is 15.5. The number of anilines is 2. The van der Waals surface area contributed by atoms with E-state index in [1.54, 1.807) is 4.90 Å². The van der Waals surface area contributed by atoms with Gasteiger partial charge in [0, 0.05) is 51.1 Å². The van der Waals surface area contributed by atoms with Gasteiger partial charge in [0.2, 0.25) is 5.91 Å². The van der Waals surface area contributed by atoms with E-state index < -0.39 is 0 Å². The van der Waals surface area contributed by atoms with Crippen molar-refractivity contribution in [2.24, 2.45) is 0 Å². The summed E-state index contributed by atoms with van der Waals surface area (Å²) in [6.45, 7) is 7.69. The second-order valence-electron chi connectivity index (χ2n) is 6.36. The van der Waals surface area contributed by atoms with E-state index >= 15 is 0 Å². The van der Waals surface area contributed by atoms with E-state index in [-0.39, 0.29) is 5.91 Å². The van der Waals surface area contributed by atoms with Crippen molar-refractivity contribution in [3.63, 3.8) is 0 Å². The third-order valence-corrected chi connectivity index (χ3v) is 4.45. The maximum Gasteiger partial charge on any atom is 0.241 e. The smallest absolute Gasteiger partial charge is 0.241 e. The van der Waals surface area contributed by atoms with Crippen molar-refractivity contribution in [2.45, 2.75) is 19.8 Å². The average Bonchev–Trinajstić information content (AvgIpc) is 2.58. The van der Waals surface area contributed by atoms with Gasteiger partial charge < -0.3 is 20.0 Å². The Morgan fingerprint density at radius 2 is 1.83 bits per heavy atom. The van der Waals surface area contributed by atoms with Gasteiger partial charge in [-0.1, -0.05) is 13.3 Å². The number of hydrogen-bond donors (Lipinski definition) is 1. The predicted octanol–water partition coefficient (Wildman–Crippen LogP) is 2.11. The number of likely N-dealkylation sites (N-methyl/N-ethyl adjacent to an activating group) is 2. The van der Waals surface area contributed by atoms with Gasteiger partial charge in [-0.05, 0) is 37.7 Å². The summed E-state index contributed by atoms with van der Waals surface area (Å²) in [6.07, 6.45) is 2.17. The first kappa shape index (κ1) is 17.6. The molecule has 2 rings (SSSR count). The summed E-state index contributed by atoms with van der Waals surface area (Å²) >= 11 is 0. The maximum atomic E-state index is 12.0. The summed E-state index contributed by atoms with van der Waals surface area (Å²) in [5.74, 6) is 0.140. The molecule has 0 spiro atoms. The fraction of sp³-hybridized carbons (Fsp3) is 0.611. The van der Waals surface area contributed by atoms with Gasteiger partial charge in [-0.25, -0.2) is 0 Å². The van der Waals surface area contributed by atoms with Crippen LogP contribution in [0.25, 0.3) is 0 Å². The molecule has 0 aromatic heterocycles. The fourth-order valence-corrected chi connectivity index (χ4v) is 2.69. The number of carbonyl (C=O) groups excluding carboxylic acids is 1. The molecule has 1 saturated heterocycles. The SMILES string of the molecule is CCCCN(C)C(=O)CNc1ccc(N2CCN(C)CC2)cc1. The van der Waals surface area contributed by atoms with Crippen molar-refractivity contribution in [2.75, 3.05) is 63.6 Å². The minimum Gasteiger partial charge on any atom is -0.376 e. The minimum atomic E-state index is 0.140. The van der Waals surface area contributed by atoms with Crippen LogP contribution < -0.4 is 10.2 Å². The minimum absolute atomic E-state index is 0.140. The van der Waals surface area contributed by atoms with E-state index in [9.17, 15) is 4.79 Å². The summed E-state index contributed by atoms with van der Waals surface area (Å²) in [6, 6.07) is 8.40. The number of hydrogen-bond acceptors (Lipinski definition) is 4. The lowest BCUT2D eigenvalue weighted by atomic mass is 10.2. The second-order valence-corrected chi connectivity index (χ2v) is 6.36. The Kier molecular flexibility index (Phi) is 6.71. The molecule has 1 fully saturated rings. The van der Waals surface area contributed by atoms with Crippen LogP contribution in [0.4, 0.5) is 11.4 Å². The van der Waals surface area contributed by atoms with Crippen LogP contribution in [0.1, 0.15) is 19.8 Å². The van der Waals surface area contributed by atoms with Crippen LogP contribution in [-0.4, -0.2) is 69.1 Å². The van der Waals surface area contributed by atoms with Gasteiger partial charge in [-0.15, -0.1) is 0 Å². The lowest BCUT2D eigenvalue weighted by molar-refractivity contribution is -0.128. The van der Waals surface area contributed by atoms with E-state index in [0.29, 0.717) is 6.54 Å². The van der Waals surface area contributed by atoms with Crippen molar-refractivity contribution in [3.05, 3.63) is 24.3 Å². The van der Waals surface area contributed by atoms with Gasteiger partial charge >= 0.3 is 0 Å². The summed E-state index contributed by atoms with van der Waals surface area (Å²) in [7, 11) is 4.04. The summed E-state index contributed by atoms with van der Waals surface area (Å²) < 4.78 is 0. The van der Waals surface area contributed by atoms with Crippen LogP contribution in [0.3, 0.4) is 0 Å². The molecule has 0 radical (unpaired) electrons. The number of nitrogens with zero attached hydrogens (tertiary/aromatic N) is 3. The Morgan fingerprint density at radius 1 is 1.17 bits per heavy atom. The Labute approximate surface area is 140 Å². The Balaban J connectivity index is 1.79. The molecule has 0 bridgehead atoms. The van der Waals surface area contributed by atoms with Crippen LogP contribution >= 0.6 is 0 Å². The number of carbonyl (C=O) groups is 1. The molecule has 1 aromatic rings. The first-order chi connectivity index (χ1) is 11.1. The number of rotatable bonds is 7. The van der Waals surface area contributed by atoms with Crippen molar-refractivity contribution >= 4 is 17.3 Å². The zero-order valence-corrected chi connectivity index (χ0v) is 14.7. The van der Waals surface area contributed by atoms with E-state index in [4.69, 9.17) is 0 Å². The highest BCUT2D eigenvalue weighted by Gasteiger charge is 2.14. The standard InChI is InChI=1S/C18H30N4O/c1-4-5-10-21(3)18(23)15-19-16-6-8-17(9-7-16)22-13-11-20(2)12-14-22/h6-9,19H,4-5,10-15H2,1-3H3. The quantitative estimate of drug-likeness (QED) is 0.836. The molecule has 0 saturated carbocycles. The van der Waals surface area contributed by atoms with Gasteiger partial charge in [-0.2, -0.15) is 0 Å². The summed E-state index contributed by atoms with van der Waals surface area (Å²) in [4.78, 5) is 18.6. The predicted molar refractivity (Wildman–Crippen MR) is 97.2 cm³/mol. The zero-order chi connectivity index (χ0) is 16.7. The highest BCUT2D eigenvalue weighted by molar-refractivity contribution is 5.80. The molecular weight excluding hydrogens is 288 g/mol. The molecular formula is C18H30N4O. The van der Waals surface area contributed by atoms with Crippen molar-refractivity contribution in [1.82, 2.24) is 9.80 Å². The highest BCUT2D eigenvalue weighted by Crippen LogP contribution is 2.19. The Bertz CT molecular complexity index is 480. The number of nitrogens with one attached hydrogen (secondary N) is 1. The molecule has 0 aliphatic carbocycles. The molecule has 0 atom stereocenters. The molecule has 128 valence electrons. The highest BCUT2D eigenvalue weighted by atomic mass is 16.2. The van der Waals surface area contributed by atoms with Crippen LogP contribution in [0, 0.1) is 0 Å². The van der Waals surface area contributed by atoms with Gasteiger partial charge in [-0.3, -0.25) is 4.79 Å². The monoisotopic (exact) mass is 318 g/mol. The van der Waals surface area contributed by atoms with Gasteiger partial charge in [0.15, 0.2) is 0 Å². The van der Waals surface area contributed by atoms with Gasteiger partial charge in [0.05, 0.1) is 6.54 Å². The van der Waals surface area contributed by atoms with E-state index in [1.807, 2.05) is 7.05 Å². The molecule has 1 N–H and O–H groups in total. The van der Waals surface area contributed by atoms with E-state index in [1.165, 1.54) is 5.69 Å². The van der Waals surface area contributed by atoms with Crippen molar-refractivity contribution in [1.29, 1.82) is 0 Å². The fourth-order valence-electron chi connectivity index (χ4n) is 2.69. The maximum absolute atomic E-state index is 12.0. The summed E-state index contributed by atoms with van der Waals surface area (Å²) in [5, 5.41) is 3.22. The van der Waals surface area contributed by atoms with Gasteiger partial charge in [0.1, 0.15) is 0 Å². The van der Waals surface area contributed by atoms with E-state index in [2.05, 4.69) is 53.4 Å². The third kappa shape index (κ3) is 5.43. The number of benzene rings is 1. The molecule has 0 unspecified atom stereocenters. The zero-order valence-electron chi connectivity index (χ0n) is 14.7. The number of piperazine rings is 1. The third-order valence-electron chi connectivity index (χ3n) is 4.45. The topological polar surface area (TPSA) is 38.8 Å². The lowest BCUT2D eigenvalue weighted by Crippen LogP contribution is -2.44. The Morgan fingerprint density at radius 3 is 2.43 bits per heavy atom. The first-order valence-electron chi connectivity index (χ1n) is 8.61. The summed E-state index contributed by atoms with van der Waals surface area (Å²) in [5.41, 5.74) is 2.26. The largest absolute Gasteiger partial charge is 0.376 e.